The Labute approximate surface area is 72.3 Å². The average Bonchev–Trinajstić information content (AvgIpc) is 2.28. The molecule has 1 aromatic heterocycles. The van der Waals surface area contributed by atoms with E-state index >= 15 is 0 Å². The van der Waals surface area contributed by atoms with Crippen molar-refractivity contribution >= 4 is 5.69 Å². The summed E-state index contributed by atoms with van der Waals surface area (Å²) in [5, 5.41) is 4.01. The maximum atomic E-state index is 5.66. The van der Waals surface area contributed by atoms with Gasteiger partial charge in [0.25, 0.3) is 0 Å². The molecule has 0 radical (unpaired) electrons. The van der Waals surface area contributed by atoms with Gasteiger partial charge in [-0.05, 0) is 13.8 Å². The number of ether oxygens (including phenoxy) is 1. The van der Waals surface area contributed by atoms with Crippen molar-refractivity contribution in [2.75, 3.05) is 5.73 Å². The Morgan fingerprint density at radius 1 is 1.67 bits per heavy atom. The van der Waals surface area contributed by atoms with Gasteiger partial charge in [-0.3, -0.25) is 4.68 Å². The lowest BCUT2D eigenvalue weighted by Gasteiger charge is -2.07. The highest BCUT2D eigenvalue weighted by Crippen LogP contribution is 2.11. The highest BCUT2D eigenvalue weighted by molar-refractivity contribution is 5.40. The summed E-state index contributed by atoms with van der Waals surface area (Å²) < 4.78 is 7.14. The fraction of sp³-hybridized carbons (Fsp3) is 0.625. The van der Waals surface area contributed by atoms with Gasteiger partial charge in [-0.25, -0.2) is 0 Å². The van der Waals surface area contributed by atoms with Crippen molar-refractivity contribution in [3.05, 3.63) is 11.9 Å². The Kier molecular flexibility index (Phi) is 2.70. The van der Waals surface area contributed by atoms with Gasteiger partial charge >= 0.3 is 0 Å². The standard InChI is InChI=1S/C8H15N3O/c1-6(2)12-5-8-7(9)4-10-11(8)3/h4,6H,5,9H2,1-3H3. The number of nitrogens with zero attached hydrogens (tertiary/aromatic N) is 2. The van der Waals surface area contributed by atoms with E-state index in [9.17, 15) is 0 Å². The molecule has 4 nitrogen and oxygen atoms in total. The Morgan fingerprint density at radius 3 is 2.75 bits per heavy atom. The smallest absolute Gasteiger partial charge is 0.0909 e. The molecule has 0 aromatic carbocycles. The summed E-state index contributed by atoms with van der Waals surface area (Å²) in [6, 6.07) is 0. The van der Waals surface area contributed by atoms with Gasteiger partial charge in [0, 0.05) is 7.05 Å². The maximum absolute atomic E-state index is 5.66. The minimum atomic E-state index is 0.222. The molecule has 1 rings (SSSR count). The number of hydrogen-bond acceptors (Lipinski definition) is 3. The first kappa shape index (κ1) is 9.06. The van der Waals surface area contributed by atoms with Gasteiger partial charge in [-0.15, -0.1) is 0 Å². The van der Waals surface area contributed by atoms with E-state index in [0.717, 1.165) is 5.69 Å². The zero-order valence-corrected chi connectivity index (χ0v) is 7.74. The van der Waals surface area contributed by atoms with Gasteiger partial charge in [0.15, 0.2) is 0 Å². The molecule has 0 aliphatic heterocycles. The Bertz CT molecular complexity index is 235. The van der Waals surface area contributed by atoms with Crippen LogP contribution in [0.2, 0.25) is 0 Å². The first-order valence-electron chi connectivity index (χ1n) is 3.99. The third-order valence-electron chi connectivity index (χ3n) is 1.65. The zero-order valence-electron chi connectivity index (χ0n) is 7.74. The lowest BCUT2D eigenvalue weighted by molar-refractivity contribution is 0.0620. The first-order valence-corrected chi connectivity index (χ1v) is 3.99. The lowest BCUT2D eigenvalue weighted by atomic mass is 10.4. The molecule has 0 fully saturated rings. The van der Waals surface area contributed by atoms with E-state index in [1.165, 1.54) is 0 Å². The summed E-state index contributed by atoms with van der Waals surface area (Å²) in [6.07, 6.45) is 1.86. The van der Waals surface area contributed by atoms with E-state index in [4.69, 9.17) is 10.5 Å². The number of nitrogens with two attached hydrogens (primary N) is 1. The largest absolute Gasteiger partial charge is 0.396 e. The highest BCUT2D eigenvalue weighted by atomic mass is 16.5. The normalized spacial score (nSPS) is 11.0. The van der Waals surface area contributed by atoms with Crippen LogP contribution in [0.1, 0.15) is 19.5 Å². The van der Waals surface area contributed by atoms with Crippen molar-refractivity contribution in [1.82, 2.24) is 9.78 Å². The van der Waals surface area contributed by atoms with Crippen LogP contribution in [-0.2, 0) is 18.4 Å². The van der Waals surface area contributed by atoms with E-state index in [-0.39, 0.29) is 6.10 Å². The Balaban J connectivity index is 2.62. The number of anilines is 1. The molecule has 2 N–H and O–H groups in total. The van der Waals surface area contributed by atoms with Crippen molar-refractivity contribution in [3.8, 4) is 0 Å². The van der Waals surface area contributed by atoms with E-state index in [2.05, 4.69) is 5.10 Å². The van der Waals surface area contributed by atoms with Gasteiger partial charge in [0.05, 0.1) is 30.3 Å². The third-order valence-corrected chi connectivity index (χ3v) is 1.65. The quantitative estimate of drug-likeness (QED) is 0.732. The number of aryl methyl sites for hydroxylation is 1. The third kappa shape index (κ3) is 1.98. The summed E-state index contributed by atoms with van der Waals surface area (Å²) in [7, 11) is 1.86. The molecular formula is C8H15N3O. The molecule has 1 aromatic rings. The lowest BCUT2D eigenvalue weighted by Crippen LogP contribution is -2.07. The molecule has 0 spiro atoms. The van der Waals surface area contributed by atoms with Crippen LogP contribution in [0.15, 0.2) is 6.20 Å². The summed E-state index contributed by atoms with van der Waals surface area (Å²) >= 11 is 0. The SMILES string of the molecule is CC(C)OCc1c(N)cnn1C. The molecule has 0 atom stereocenters. The van der Waals surface area contributed by atoms with Gasteiger partial charge in [-0.2, -0.15) is 5.10 Å². The van der Waals surface area contributed by atoms with Gasteiger partial charge in [-0.1, -0.05) is 0 Å². The molecule has 0 bridgehead atoms. The molecule has 0 unspecified atom stereocenters. The second-order valence-corrected chi connectivity index (χ2v) is 3.03. The van der Waals surface area contributed by atoms with Crippen LogP contribution in [0.5, 0.6) is 0 Å². The number of nitrogen functional groups attached to an aromatic ring is 1. The van der Waals surface area contributed by atoms with Crippen molar-refractivity contribution in [3.63, 3.8) is 0 Å². The second kappa shape index (κ2) is 3.58. The van der Waals surface area contributed by atoms with E-state index in [1.807, 2.05) is 20.9 Å². The van der Waals surface area contributed by atoms with Crippen molar-refractivity contribution in [1.29, 1.82) is 0 Å². The molecule has 1 heterocycles. The maximum Gasteiger partial charge on any atom is 0.0909 e. The predicted octanol–water partition coefficient (Wildman–Crippen LogP) is 0.927. The van der Waals surface area contributed by atoms with Crippen molar-refractivity contribution in [2.45, 2.75) is 26.6 Å². The summed E-state index contributed by atoms with van der Waals surface area (Å²) in [5.41, 5.74) is 7.29. The van der Waals surface area contributed by atoms with Crippen LogP contribution in [0.4, 0.5) is 5.69 Å². The Hall–Kier alpha value is -1.03. The van der Waals surface area contributed by atoms with Gasteiger partial charge < -0.3 is 10.5 Å². The molecular weight excluding hydrogens is 154 g/mol. The molecule has 4 heteroatoms. The summed E-state index contributed by atoms with van der Waals surface area (Å²) in [5.74, 6) is 0. The minimum absolute atomic E-state index is 0.222. The van der Waals surface area contributed by atoms with E-state index in [1.54, 1.807) is 10.9 Å². The summed E-state index contributed by atoms with van der Waals surface area (Å²) in [4.78, 5) is 0. The molecule has 0 amide bonds. The summed E-state index contributed by atoms with van der Waals surface area (Å²) in [6.45, 7) is 4.51. The molecule has 12 heavy (non-hydrogen) atoms. The fourth-order valence-corrected chi connectivity index (χ4v) is 0.902. The zero-order chi connectivity index (χ0) is 9.14. The molecule has 0 aliphatic rings. The van der Waals surface area contributed by atoms with Crippen molar-refractivity contribution in [2.24, 2.45) is 7.05 Å². The van der Waals surface area contributed by atoms with Gasteiger partial charge in [0.2, 0.25) is 0 Å². The predicted molar refractivity (Wildman–Crippen MR) is 47.5 cm³/mol. The first-order chi connectivity index (χ1) is 5.61. The van der Waals surface area contributed by atoms with E-state index in [0.29, 0.717) is 12.3 Å². The molecule has 0 saturated heterocycles. The number of aromatic nitrogens is 2. The van der Waals surface area contributed by atoms with Crippen LogP contribution in [0, 0.1) is 0 Å². The van der Waals surface area contributed by atoms with Gasteiger partial charge in [0.1, 0.15) is 0 Å². The van der Waals surface area contributed by atoms with Crippen LogP contribution in [0.3, 0.4) is 0 Å². The number of hydrogen-bond donors (Lipinski definition) is 1. The van der Waals surface area contributed by atoms with E-state index < -0.39 is 0 Å². The van der Waals surface area contributed by atoms with Crippen LogP contribution in [-0.4, -0.2) is 15.9 Å². The molecule has 68 valence electrons. The minimum Gasteiger partial charge on any atom is -0.396 e. The monoisotopic (exact) mass is 169 g/mol. The number of rotatable bonds is 3. The Morgan fingerprint density at radius 2 is 2.33 bits per heavy atom. The average molecular weight is 169 g/mol. The van der Waals surface area contributed by atoms with Crippen LogP contribution in [0.25, 0.3) is 0 Å². The molecule has 0 aliphatic carbocycles. The fourth-order valence-electron chi connectivity index (χ4n) is 0.902. The van der Waals surface area contributed by atoms with Crippen molar-refractivity contribution < 1.29 is 4.74 Å². The topological polar surface area (TPSA) is 53.1 Å². The highest BCUT2D eigenvalue weighted by Gasteiger charge is 2.05. The second-order valence-electron chi connectivity index (χ2n) is 3.03. The van der Waals surface area contributed by atoms with Crippen LogP contribution < -0.4 is 5.73 Å². The molecule has 0 saturated carbocycles. The van der Waals surface area contributed by atoms with Crippen LogP contribution >= 0.6 is 0 Å².